The number of anilines is 1. The van der Waals surface area contributed by atoms with Crippen LogP contribution < -0.4 is 5.32 Å². The fourth-order valence-electron chi connectivity index (χ4n) is 1.39. The first-order chi connectivity index (χ1) is 7.15. The summed E-state index contributed by atoms with van der Waals surface area (Å²) in [5.74, 6) is -0.0893. The first-order valence-corrected chi connectivity index (χ1v) is 5.05. The zero-order valence-corrected chi connectivity index (χ0v) is 9.04. The SMILES string of the molecule is CCCC(=O)c1ccccc1NC(C)=O. The van der Waals surface area contributed by atoms with E-state index in [4.69, 9.17) is 0 Å². The number of Topliss-reactive ketones (excluding diaryl/α,β-unsaturated/α-hetero) is 1. The van der Waals surface area contributed by atoms with Gasteiger partial charge in [-0.1, -0.05) is 19.1 Å². The van der Waals surface area contributed by atoms with E-state index in [0.717, 1.165) is 6.42 Å². The van der Waals surface area contributed by atoms with Gasteiger partial charge in [-0.25, -0.2) is 0 Å². The number of ketones is 1. The summed E-state index contributed by atoms with van der Waals surface area (Å²) in [5.41, 5.74) is 1.19. The lowest BCUT2D eigenvalue weighted by molar-refractivity contribution is -0.114. The highest BCUT2D eigenvalue weighted by atomic mass is 16.1. The molecule has 0 spiro atoms. The molecule has 0 heterocycles. The molecule has 15 heavy (non-hydrogen) atoms. The Morgan fingerprint density at radius 2 is 1.93 bits per heavy atom. The summed E-state index contributed by atoms with van der Waals surface area (Å²) < 4.78 is 0. The van der Waals surface area contributed by atoms with Crippen LogP contribution in [0.15, 0.2) is 24.3 Å². The number of hydrogen-bond donors (Lipinski definition) is 1. The van der Waals surface area contributed by atoms with Gasteiger partial charge in [0.1, 0.15) is 0 Å². The third-order valence-electron chi connectivity index (χ3n) is 2.02. The van der Waals surface area contributed by atoms with Crippen LogP contribution in [-0.4, -0.2) is 11.7 Å². The van der Waals surface area contributed by atoms with E-state index in [0.29, 0.717) is 17.7 Å². The molecule has 0 saturated carbocycles. The summed E-state index contributed by atoms with van der Waals surface area (Å²) in [6.45, 7) is 3.39. The Kier molecular flexibility index (Phi) is 4.03. The maximum absolute atomic E-state index is 11.7. The molecule has 3 heteroatoms. The van der Waals surface area contributed by atoms with Crippen LogP contribution in [0.4, 0.5) is 5.69 Å². The standard InChI is InChI=1S/C12H15NO2/c1-3-6-12(15)10-7-4-5-8-11(10)13-9(2)14/h4-5,7-8H,3,6H2,1-2H3,(H,13,14). The van der Waals surface area contributed by atoms with Crippen molar-refractivity contribution in [2.75, 3.05) is 5.32 Å². The molecule has 0 aliphatic rings. The predicted molar refractivity (Wildman–Crippen MR) is 60.0 cm³/mol. The number of carbonyl (C=O) groups is 2. The Morgan fingerprint density at radius 3 is 2.53 bits per heavy atom. The molecule has 0 aromatic heterocycles. The van der Waals surface area contributed by atoms with Crippen molar-refractivity contribution in [3.63, 3.8) is 0 Å². The number of para-hydroxylation sites is 1. The van der Waals surface area contributed by atoms with E-state index >= 15 is 0 Å². The second-order valence-electron chi connectivity index (χ2n) is 3.40. The van der Waals surface area contributed by atoms with Crippen molar-refractivity contribution in [3.8, 4) is 0 Å². The Hall–Kier alpha value is -1.64. The maximum atomic E-state index is 11.7. The van der Waals surface area contributed by atoms with Crippen LogP contribution in [0.3, 0.4) is 0 Å². The first kappa shape index (κ1) is 11.4. The second-order valence-corrected chi connectivity index (χ2v) is 3.40. The van der Waals surface area contributed by atoms with E-state index in [9.17, 15) is 9.59 Å². The second kappa shape index (κ2) is 5.29. The molecule has 0 radical (unpaired) electrons. The average molecular weight is 205 g/mol. The third-order valence-corrected chi connectivity index (χ3v) is 2.02. The van der Waals surface area contributed by atoms with Crippen molar-refractivity contribution >= 4 is 17.4 Å². The molecule has 3 nitrogen and oxygen atoms in total. The summed E-state index contributed by atoms with van der Waals surface area (Å²) in [7, 11) is 0. The number of hydrogen-bond acceptors (Lipinski definition) is 2. The van der Waals surface area contributed by atoms with E-state index in [1.54, 1.807) is 24.3 Å². The number of amides is 1. The average Bonchev–Trinajstić information content (AvgIpc) is 2.18. The molecular formula is C12H15NO2. The van der Waals surface area contributed by atoms with Gasteiger partial charge in [0.2, 0.25) is 5.91 Å². The molecule has 0 saturated heterocycles. The highest BCUT2D eigenvalue weighted by Crippen LogP contribution is 2.17. The molecule has 0 fully saturated rings. The van der Waals surface area contributed by atoms with Crippen LogP contribution in [0.1, 0.15) is 37.0 Å². The van der Waals surface area contributed by atoms with Crippen molar-refractivity contribution in [1.82, 2.24) is 0 Å². The zero-order chi connectivity index (χ0) is 11.3. The third kappa shape index (κ3) is 3.20. The van der Waals surface area contributed by atoms with Crippen LogP contribution in [0.25, 0.3) is 0 Å². The minimum absolute atomic E-state index is 0.0712. The Morgan fingerprint density at radius 1 is 1.27 bits per heavy atom. The molecule has 0 atom stereocenters. The highest BCUT2D eigenvalue weighted by Gasteiger charge is 2.10. The monoisotopic (exact) mass is 205 g/mol. The van der Waals surface area contributed by atoms with Crippen molar-refractivity contribution < 1.29 is 9.59 Å². The highest BCUT2D eigenvalue weighted by molar-refractivity contribution is 6.04. The number of benzene rings is 1. The van der Waals surface area contributed by atoms with Crippen LogP contribution in [0.2, 0.25) is 0 Å². The van der Waals surface area contributed by atoms with Gasteiger partial charge in [0.25, 0.3) is 0 Å². The van der Waals surface area contributed by atoms with Crippen molar-refractivity contribution in [2.24, 2.45) is 0 Å². The van der Waals surface area contributed by atoms with Gasteiger partial charge in [0.15, 0.2) is 5.78 Å². The lowest BCUT2D eigenvalue weighted by Gasteiger charge is -2.07. The topological polar surface area (TPSA) is 46.2 Å². The molecule has 1 amide bonds. The Balaban J connectivity index is 2.95. The van der Waals surface area contributed by atoms with Crippen LogP contribution in [0.5, 0.6) is 0 Å². The Bertz CT molecular complexity index is 372. The quantitative estimate of drug-likeness (QED) is 0.768. The fourth-order valence-corrected chi connectivity index (χ4v) is 1.39. The molecule has 0 bridgehead atoms. The van der Waals surface area contributed by atoms with Gasteiger partial charge in [-0.3, -0.25) is 9.59 Å². The fraction of sp³-hybridized carbons (Fsp3) is 0.333. The molecule has 1 aromatic rings. The predicted octanol–water partition coefficient (Wildman–Crippen LogP) is 2.63. The van der Waals surface area contributed by atoms with Gasteiger partial charge in [-0.15, -0.1) is 0 Å². The normalized spacial score (nSPS) is 9.73. The zero-order valence-electron chi connectivity index (χ0n) is 9.04. The molecule has 1 rings (SSSR count). The van der Waals surface area contributed by atoms with Crippen molar-refractivity contribution in [1.29, 1.82) is 0 Å². The van der Waals surface area contributed by atoms with Gasteiger partial charge < -0.3 is 5.32 Å². The number of nitrogens with one attached hydrogen (secondary N) is 1. The van der Waals surface area contributed by atoms with Gasteiger partial charge >= 0.3 is 0 Å². The summed E-state index contributed by atoms with van der Waals surface area (Å²) in [4.78, 5) is 22.6. The van der Waals surface area contributed by atoms with Gasteiger partial charge in [-0.05, 0) is 18.6 Å². The summed E-state index contributed by atoms with van der Waals surface area (Å²) in [6.07, 6.45) is 1.32. The van der Waals surface area contributed by atoms with Gasteiger partial charge in [0.05, 0.1) is 5.69 Å². The molecule has 0 aliphatic heterocycles. The lowest BCUT2D eigenvalue weighted by atomic mass is 10.0. The summed E-state index contributed by atoms with van der Waals surface area (Å²) >= 11 is 0. The van der Waals surface area contributed by atoms with E-state index in [1.807, 2.05) is 6.92 Å². The smallest absolute Gasteiger partial charge is 0.221 e. The molecule has 0 aliphatic carbocycles. The largest absolute Gasteiger partial charge is 0.326 e. The van der Waals surface area contributed by atoms with Gasteiger partial charge in [-0.2, -0.15) is 0 Å². The van der Waals surface area contributed by atoms with E-state index in [1.165, 1.54) is 6.92 Å². The van der Waals surface area contributed by atoms with Crippen LogP contribution >= 0.6 is 0 Å². The van der Waals surface area contributed by atoms with Gasteiger partial charge in [0, 0.05) is 18.9 Å². The maximum Gasteiger partial charge on any atom is 0.221 e. The minimum atomic E-state index is -0.160. The number of rotatable bonds is 4. The molecule has 1 N–H and O–H groups in total. The van der Waals surface area contributed by atoms with Crippen molar-refractivity contribution in [3.05, 3.63) is 29.8 Å². The van der Waals surface area contributed by atoms with Crippen LogP contribution in [-0.2, 0) is 4.79 Å². The minimum Gasteiger partial charge on any atom is -0.326 e. The Labute approximate surface area is 89.5 Å². The summed E-state index contributed by atoms with van der Waals surface area (Å²) in [5, 5.41) is 2.65. The molecule has 80 valence electrons. The summed E-state index contributed by atoms with van der Waals surface area (Å²) in [6, 6.07) is 7.08. The van der Waals surface area contributed by atoms with E-state index < -0.39 is 0 Å². The van der Waals surface area contributed by atoms with Crippen LogP contribution in [0, 0.1) is 0 Å². The van der Waals surface area contributed by atoms with E-state index in [-0.39, 0.29) is 11.7 Å². The molecule has 0 unspecified atom stereocenters. The van der Waals surface area contributed by atoms with Crippen molar-refractivity contribution in [2.45, 2.75) is 26.7 Å². The first-order valence-electron chi connectivity index (χ1n) is 5.05. The molecule has 1 aromatic carbocycles. The number of carbonyl (C=O) groups excluding carboxylic acids is 2. The van der Waals surface area contributed by atoms with E-state index in [2.05, 4.69) is 5.32 Å². The molecular weight excluding hydrogens is 190 g/mol. The lowest BCUT2D eigenvalue weighted by Crippen LogP contribution is -2.10.